The molecule has 0 spiro atoms. The lowest BCUT2D eigenvalue weighted by Crippen LogP contribution is -2.14. The Bertz CT molecular complexity index is 434. The van der Waals surface area contributed by atoms with E-state index in [0.717, 1.165) is 13.1 Å². The van der Waals surface area contributed by atoms with Crippen LogP contribution in [0, 0.1) is 0 Å². The van der Waals surface area contributed by atoms with Crippen LogP contribution < -0.4 is 0 Å². The van der Waals surface area contributed by atoms with Gasteiger partial charge in [-0.3, -0.25) is 0 Å². The third kappa shape index (κ3) is 3.00. The fraction of sp³-hybridized carbons (Fsp3) is 0.385. The average Bonchev–Trinajstić information content (AvgIpc) is 2.62. The summed E-state index contributed by atoms with van der Waals surface area (Å²) >= 11 is 0. The Hall–Kier alpha value is -0.990. The molecule has 3 heteroatoms. The largest absolute Gasteiger partial charge is 0.347 e. The van der Waals surface area contributed by atoms with Gasteiger partial charge in [0.1, 0.15) is 0 Å². The molecule has 2 rings (SSSR count). The summed E-state index contributed by atoms with van der Waals surface area (Å²) in [5.41, 5.74) is 1.34. The first-order valence-corrected chi connectivity index (χ1v) is 5.46. The Morgan fingerprint density at radius 2 is 1.88 bits per heavy atom. The second kappa shape index (κ2) is 5.92. The Labute approximate surface area is 103 Å². The van der Waals surface area contributed by atoms with Gasteiger partial charge >= 0.3 is 0 Å². The van der Waals surface area contributed by atoms with Crippen LogP contribution in [0.1, 0.15) is 6.42 Å². The summed E-state index contributed by atoms with van der Waals surface area (Å²) in [5.74, 6) is 0. The minimum atomic E-state index is 0. The van der Waals surface area contributed by atoms with E-state index in [4.69, 9.17) is 0 Å². The summed E-state index contributed by atoms with van der Waals surface area (Å²) in [6.07, 6.45) is 3.38. The van der Waals surface area contributed by atoms with Gasteiger partial charge in [0.15, 0.2) is 0 Å². The molecular weight excluding hydrogens is 220 g/mol. The van der Waals surface area contributed by atoms with Crippen molar-refractivity contribution in [1.29, 1.82) is 0 Å². The summed E-state index contributed by atoms with van der Waals surface area (Å²) in [7, 11) is 4.24. The zero-order valence-corrected chi connectivity index (χ0v) is 10.7. The normalized spacial score (nSPS) is 10.7. The fourth-order valence-corrected chi connectivity index (χ4v) is 1.89. The first-order valence-electron chi connectivity index (χ1n) is 5.46. The van der Waals surface area contributed by atoms with Crippen molar-refractivity contribution >= 4 is 23.3 Å². The second-order valence-electron chi connectivity index (χ2n) is 4.22. The maximum atomic E-state index is 2.33. The lowest BCUT2D eigenvalue weighted by Gasteiger charge is -2.10. The molecule has 0 unspecified atom stereocenters. The van der Waals surface area contributed by atoms with Gasteiger partial charge in [-0.25, -0.2) is 0 Å². The SMILES string of the molecule is CN(C)CCCn1ccc2ccccc21.Cl. The van der Waals surface area contributed by atoms with Gasteiger partial charge in [0.05, 0.1) is 0 Å². The number of hydrogen-bond acceptors (Lipinski definition) is 1. The van der Waals surface area contributed by atoms with Crippen LogP contribution in [0.2, 0.25) is 0 Å². The molecule has 0 N–H and O–H groups in total. The maximum Gasteiger partial charge on any atom is 0.0480 e. The Balaban J connectivity index is 0.00000128. The molecule has 0 atom stereocenters. The molecule has 0 bridgehead atoms. The van der Waals surface area contributed by atoms with Crippen LogP contribution in [0.4, 0.5) is 0 Å². The lowest BCUT2D eigenvalue weighted by atomic mass is 10.2. The molecule has 16 heavy (non-hydrogen) atoms. The molecule has 0 aliphatic carbocycles. The molecule has 1 aromatic heterocycles. The van der Waals surface area contributed by atoms with E-state index >= 15 is 0 Å². The van der Waals surface area contributed by atoms with Crippen molar-refractivity contribution in [2.75, 3.05) is 20.6 Å². The first-order chi connectivity index (χ1) is 7.27. The van der Waals surface area contributed by atoms with E-state index < -0.39 is 0 Å². The molecule has 0 amide bonds. The second-order valence-corrected chi connectivity index (χ2v) is 4.22. The third-order valence-electron chi connectivity index (χ3n) is 2.68. The van der Waals surface area contributed by atoms with Gasteiger partial charge in [0.2, 0.25) is 0 Å². The lowest BCUT2D eigenvalue weighted by molar-refractivity contribution is 0.388. The quantitative estimate of drug-likeness (QED) is 0.795. The fourth-order valence-electron chi connectivity index (χ4n) is 1.89. The molecule has 0 radical (unpaired) electrons. The molecule has 1 aromatic carbocycles. The minimum Gasteiger partial charge on any atom is -0.347 e. The minimum absolute atomic E-state index is 0. The molecule has 0 aliphatic heterocycles. The monoisotopic (exact) mass is 238 g/mol. The number of benzene rings is 1. The predicted molar refractivity (Wildman–Crippen MR) is 72.4 cm³/mol. The number of fused-ring (bicyclic) bond motifs is 1. The summed E-state index contributed by atoms with van der Waals surface area (Å²) < 4.78 is 2.33. The van der Waals surface area contributed by atoms with Crippen molar-refractivity contribution in [3.63, 3.8) is 0 Å². The van der Waals surface area contributed by atoms with Gasteiger partial charge in [0, 0.05) is 18.3 Å². The van der Waals surface area contributed by atoms with Crippen LogP contribution >= 0.6 is 12.4 Å². The number of nitrogens with zero attached hydrogens (tertiary/aromatic N) is 2. The summed E-state index contributed by atoms with van der Waals surface area (Å²) in [5, 5.41) is 1.34. The molecule has 0 saturated heterocycles. The van der Waals surface area contributed by atoms with Crippen molar-refractivity contribution in [3.05, 3.63) is 36.5 Å². The number of halogens is 1. The summed E-state index contributed by atoms with van der Waals surface area (Å²) in [6.45, 7) is 2.25. The number of aromatic nitrogens is 1. The predicted octanol–water partition coefficient (Wildman–Crippen LogP) is 3.01. The van der Waals surface area contributed by atoms with E-state index in [1.165, 1.54) is 17.3 Å². The van der Waals surface area contributed by atoms with Gasteiger partial charge in [-0.15, -0.1) is 12.4 Å². The Morgan fingerprint density at radius 1 is 1.12 bits per heavy atom. The third-order valence-corrected chi connectivity index (χ3v) is 2.68. The molecule has 0 aliphatic rings. The molecule has 0 saturated carbocycles. The molecule has 0 fully saturated rings. The van der Waals surface area contributed by atoms with E-state index in [0.29, 0.717) is 0 Å². The van der Waals surface area contributed by atoms with Crippen LogP contribution in [-0.2, 0) is 6.54 Å². The van der Waals surface area contributed by atoms with Crippen LogP contribution in [0.5, 0.6) is 0 Å². The van der Waals surface area contributed by atoms with Gasteiger partial charge in [0.25, 0.3) is 0 Å². The number of rotatable bonds is 4. The average molecular weight is 239 g/mol. The van der Waals surface area contributed by atoms with Crippen LogP contribution in [0.15, 0.2) is 36.5 Å². The van der Waals surface area contributed by atoms with E-state index in [1.54, 1.807) is 0 Å². The number of hydrogen-bond donors (Lipinski definition) is 0. The highest BCUT2D eigenvalue weighted by Gasteiger charge is 1.99. The van der Waals surface area contributed by atoms with Gasteiger partial charge < -0.3 is 9.47 Å². The standard InChI is InChI=1S/C13H18N2.ClH/c1-14(2)9-5-10-15-11-8-12-6-3-4-7-13(12)15;/h3-4,6-8,11H,5,9-10H2,1-2H3;1H. The highest BCUT2D eigenvalue weighted by molar-refractivity contribution is 5.85. The van der Waals surface area contributed by atoms with Crippen molar-refractivity contribution in [3.8, 4) is 0 Å². The Kier molecular flexibility index (Phi) is 4.84. The van der Waals surface area contributed by atoms with Crippen molar-refractivity contribution < 1.29 is 0 Å². The number of aryl methyl sites for hydroxylation is 1. The zero-order valence-electron chi connectivity index (χ0n) is 9.89. The van der Waals surface area contributed by atoms with E-state index in [-0.39, 0.29) is 12.4 Å². The zero-order chi connectivity index (χ0) is 10.7. The topological polar surface area (TPSA) is 8.17 Å². The molecule has 88 valence electrons. The van der Waals surface area contributed by atoms with Crippen molar-refractivity contribution in [2.24, 2.45) is 0 Å². The Morgan fingerprint density at radius 3 is 2.62 bits per heavy atom. The highest BCUT2D eigenvalue weighted by atomic mass is 35.5. The molecular formula is C13H19ClN2. The van der Waals surface area contributed by atoms with Gasteiger partial charge in [-0.1, -0.05) is 18.2 Å². The van der Waals surface area contributed by atoms with E-state index in [9.17, 15) is 0 Å². The van der Waals surface area contributed by atoms with E-state index in [1.807, 2.05) is 0 Å². The van der Waals surface area contributed by atoms with Crippen LogP contribution in [0.3, 0.4) is 0 Å². The molecule has 1 heterocycles. The van der Waals surface area contributed by atoms with Crippen LogP contribution in [0.25, 0.3) is 10.9 Å². The van der Waals surface area contributed by atoms with Gasteiger partial charge in [-0.2, -0.15) is 0 Å². The maximum absolute atomic E-state index is 2.33. The number of para-hydroxylation sites is 1. The van der Waals surface area contributed by atoms with E-state index in [2.05, 4.69) is 60.1 Å². The van der Waals surface area contributed by atoms with Crippen LogP contribution in [-0.4, -0.2) is 30.1 Å². The van der Waals surface area contributed by atoms with Gasteiger partial charge in [-0.05, 0) is 44.6 Å². The highest BCUT2D eigenvalue weighted by Crippen LogP contribution is 2.15. The molecule has 2 nitrogen and oxygen atoms in total. The summed E-state index contributed by atoms with van der Waals surface area (Å²) in [6, 6.07) is 10.7. The smallest absolute Gasteiger partial charge is 0.0480 e. The van der Waals surface area contributed by atoms with Crippen molar-refractivity contribution in [1.82, 2.24) is 9.47 Å². The summed E-state index contributed by atoms with van der Waals surface area (Å²) in [4.78, 5) is 2.23. The van der Waals surface area contributed by atoms with Crippen molar-refractivity contribution in [2.45, 2.75) is 13.0 Å². The molecule has 2 aromatic rings. The first kappa shape index (κ1) is 13.1.